The molecular formula is C21H17ClN2O3. The van der Waals surface area contributed by atoms with Crippen molar-refractivity contribution in [2.45, 2.75) is 6.92 Å². The number of ether oxygens (including phenoxy) is 1. The van der Waals surface area contributed by atoms with Crippen molar-refractivity contribution < 1.29 is 14.3 Å². The number of nitrogens with one attached hydrogen (secondary N) is 2. The largest absolute Gasteiger partial charge is 0.457 e. The molecule has 0 aliphatic heterocycles. The lowest BCUT2D eigenvalue weighted by molar-refractivity contribution is -0.114. The van der Waals surface area contributed by atoms with Gasteiger partial charge in [-0.2, -0.15) is 0 Å². The minimum Gasteiger partial charge on any atom is -0.457 e. The molecule has 3 aromatic rings. The van der Waals surface area contributed by atoms with Crippen molar-refractivity contribution in [2.75, 3.05) is 10.6 Å². The molecule has 0 atom stereocenters. The highest BCUT2D eigenvalue weighted by Crippen LogP contribution is 2.27. The molecule has 0 aliphatic carbocycles. The monoisotopic (exact) mass is 380 g/mol. The topological polar surface area (TPSA) is 67.4 Å². The minimum absolute atomic E-state index is 0.241. The predicted octanol–water partition coefficient (Wildman–Crippen LogP) is 5.34. The van der Waals surface area contributed by atoms with Crippen LogP contribution in [0, 0.1) is 0 Å². The van der Waals surface area contributed by atoms with Gasteiger partial charge in [0.2, 0.25) is 5.91 Å². The van der Waals surface area contributed by atoms with Gasteiger partial charge in [-0.25, -0.2) is 0 Å². The van der Waals surface area contributed by atoms with Gasteiger partial charge >= 0.3 is 0 Å². The van der Waals surface area contributed by atoms with E-state index in [0.29, 0.717) is 33.5 Å². The number of rotatable bonds is 5. The van der Waals surface area contributed by atoms with Crippen LogP contribution in [-0.2, 0) is 4.79 Å². The third kappa shape index (κ3) is 5.09. The maximum atomic E-state index is 12.5. The maximum Gasteiger partial charge on any atom is 0.255 e. The highest BCUT2D eigenvalue weighted by molar-refractivity contribution is 6.31. The Labute approximate surface area is 161 Å². The fourth-order valence-corrected chi connectivity index (χ4v) is 2.58. The lowest BCUT2D eigenvalue weighted by atomic mass is 10.2. The number of hydrogen-bond donors (Lipinski definition) is 2. The van der Waals surface area contributed by atoms with E-state index in [1.54, 1.807) is 42.5 Å². The molecule has 2 N–H and O–H groups in total. The van der Waals surface area contributed by atoms with E-state index in [-0.39, 0.29) is 11.8 Å². The number of carbonyl (C=O) groups excluding carboxylic acids is 2. The molecule has 0 radical (unpaired) electrons. The molecule has 27 heavy (non-hydrogen) atoms. The molecule has 3 aromatic carbocycles. The zero-order valence-corrected chi connectivity index (χ0v) is 15.3. The van der Waals surface area contributed by atoms with Crippen molar-refractivity contribution in [3.05, 3.63) is 83.4 Å². The number of halogens is 1. The number of benzene rings is 3. The zero-order valence-electron chi connectivity index (χ0n) is 14.5. The molecule has 0 aliphatic rings. The molecule has 136 valence electrons. The molecule has 3 rings (SSSR count). The standard InChI is InChI=1S/C21H17ClN2O3/c1-14(25)23-19-12-9-16(22)13-20(19)24-21(26)15-7-10-18(11-8-15)27-17-5-3-2-4-6-17/h2-13H,1H3,(H,23,25)(H,24,26). The van der Waals surface area contributed by atoms with E-state index in [9.17, 15) is 9.59 Å². The van der Waals surface area contributed by atoms with Gasteiger partial charge < -0.3 is 15.4 Å². The normalized spacial score (nSPS) is 10.1. The fraction of sp³-hybridized carbons (Fsp3) is 0.0476. The van der Waals surface area contributed by atoms with Crippen molar-refractivity contribution >= 4 is 34.8 Å². The molecule has 5 nitrogen and oxygen atoms in total. The van der Waals surface area contributed by atoms with Crippen molar-refractivity contribution in [2.24, 2.45) is 0 Å². The van der Waals surface area contributed by atoms with Gasteiger partial charge in [-0.1, -0.05) is 29.8 Å². The number of anilines is 2. The predicted molar refractivity (Wildman–Crippen MR) is 107 cm³/mol. The van der Waals surface area contributed by atoms with Gasteiger partial charge in [-0.3, -0.25) is 9.59 Å². The average Bonchev–Trinajstić information content (AvgIpc) is 2.65. The fourth-order valence-electron chi connectivity index (χ4n) is 2.41. The summed E-state index contributed by atoms with van der Waals surface area (Å²) in [7, 11) is 0. The Morgan fingerprint density at radius 1 is 0.815 bits per heavy atom. The second-order valence-corrected chi connectivity index (χ2v) is 6.20. The summed E-state index contributed by atoms with van der Waals surface area (Å²) in [5, 5.41) is 5.87. The van der Waals surface area contributed by atoms with E-state index in [4.69, 9.17) is 16.3 Å². The van der Waals surface area contributed by atoms with Gasteiger partial charge in [-0.05, 0) is 54.6 Å². The molecule has 0 heterocycles. The van der Waals surface area contributed by atoms with Crippen molar-refractivity contribution in [3.8, 4) is 11.5 Å². The lowest BCUT2D eigenvalue weighted by Crippen LogP contribution is -2.15. The smallest absolute Gasteiger partial charge is 0.255 e. The van der Waals surface area contributed by atoms with Gasteiger partial charge in [0, 0.05) is 17.5 Å². The van der Waals surface area contributed by atoms with Crippen LogP contribution in [0.4, 0.5) is 11.4 Å². The van der Waals surface area contributed by atoms with E-state index in [2.05, 4.69) is 10.6 Å². The molecule has 0 unspecified atom stereocenters. The van der Waals surface area contributed by atoms with E-state index in [0.717, 1.165) is 0 Å². The van der Waals surface area contributed by atoms with E-state index < -0.39 is 0 Å². The summed E-state index contributed by atoms with van der Waals surface area (Å²) in [6.45, 7) is 1.39. The Morgan fingerprint density at radius 3 is 2.15 bits per heavy atom. The molecule has 0 fully saturated rings. The molecule has 0 aromatic heterocycles. The molecule has 0 saturated heterocycles. The molecule has 0 bridgehead atoms. The molecule has 0 saturated carbocycles. The second kappa shape index (κ2) is 8.38. The summed E-state index contributed by atoms with van der Waals surface area (Å²) in [4.78, 5) is 23.8. The molecule has 6 heteroatoms. The molecular weight excluding hydrogens is 364 g/mol. The van der Waals surface area contributed by atoms with Crippen LogP contribution in [0.1, 0.15) is 17.3 Å². The second-order valence-electron chi connectivity index (χ2n) is 5.76. The summed E-state index contributed by atoms with van der Waals surface area (Å²) in [5.41, 5.74) is 1.35. The van der Waals surface area contributed by atoms with E-state index >= 15 is 0 Å². The van der Waals surface area contributed by atoms with Crippen LogP contribution < -0.4 is 15.4 Å². The Balaban J connectivity index is 1.73. The Kier molecular flexibility index (Phi) is 5.74. The SMILES string of the molecule is CC(=O)Nc1ccc(Cl)cc1NC(=O)c1ccc(Oc2ccccc2)cc1. The maximum absolute atomic E-state index is 12.5. The van der Waals surface area contributed by atoms with Crippen LogP contribution in [0.5, 0.6) is 11.5 Å². The Hall–Kier alpha value is -3.31. The summed E-state index contributed by atoms with van der Waals surface area (Å²) in [6.07, 6.45) is 0. The average molecular weight is 381 g/mol. The van der Waals surface area contributed by atoms with E-state index in [1.165, 1.54) is 6.92 Å². The summed E-state index contributed by atoms with van der Waals surface area (Å²) in [5.74, 6) is 0.776. The van der Waals surface area contributed by atoms with Crippen LogP contribution in [-0.4, -0.2) is 11.8 Å². The van der Waals surface area contributed by atoms with Gasteiger partial charge in [-0.15, -0.1) is 0 Å². The van der Waals surface area contributed by atoms with Crippen LogP contribution in [0.2, 0.25) is 5.02 Å². The summed E-state index contributed by atoms with van der Waals surface area (Å²) >= 11 is 6.00. The van der Waals surface area contributed by atoms with Gasteiger partial charge in [0.05, 0.1) is 11.4 Å². The first kappa shape index (κ1) is 18.5. The first-order chi connectivity index (χ1) is 13.0. The number of para-hydroxylation sites is 1. The third-order valence-corrected chi connectivity index (χ3v) is 3.87. The first-order valence-corrected chi connectivity index (χ1v) is 8.60. The number of amides is 2. The quantitative estimate of drug-likeness (QED) is 0.627. The van der Waals surface area contributed by atoms with Crippen LogP contribution in [0.3, 0.4) is 0 Å². The highest BCUT2D eigenvalue weighted by atomic mass is 35.5. The van der Waals surface area contributed by atoms with Crippen LogP contribution in [0.25, 0.3) is 0 Å². The van der Waals surface area contributed by atoms with Crippen LogP contribution >= 0.6 is 11.6 Å². The first-order valence-electron chi connectivity index (χ1n) is 8.23. The van der Waals surface area contributed by atoms with E-state index in [1.807, 2.05) is 30.3 Å². The third-order valence-electron chi connectivity index (χ3n) is 3.64. The Bertz CT molecular complexity index is 957. The van der Waals surface area contributed by atoms with Crippen molar-refractivity contribution in [1.29, 1.82) is 0 Å². The van der Waals surface area contributed by atoms with Gasteiger partial charge in [0.15, 0.2) is 0 Å². The molecule has 2 amide bonds. The van der Waals surface area contributed by atoms with Crippen molar-refractivity contribution in [3.63, 3.8) is 0 Å². The Morgan fingerprint density at radius 2 is 1.48 bits per heavy atom. The number of carbonyl (C=O) groups is 2. The minimum atomic E-state index is -0.324. The summed E-state index contributed by atoms with van der Waals surface area (Å²) in [6, 6.07) is 21.0. The number of hydrogen-bond acceptors (Lipinski definition) is 3. The summed E-state index contributed by atoms with van der Waals surface area (Å²) < 4.78 is 5.71. The van der Waals surface area contributed by atoms with Crippen LogP contribution in [0.15, 0.2) is 72.8 Å². The lowest BCUT2D eigenvalue weighted by Gasteiger charge is -2.12. The van der Waals surface area contributed by atoms with Gasteiger partial charge in [0.1, 0.15) is 11.5 Å². The van der Waals surface area contributed by atoms with Crippen molar-refractivity contribution in [1.82, 2.24) is 0 Å². The van der Waals surface area contributed by atoms with Gasteiger partial charge in [0.25, 0.3) is 5.91 Å². The highest BCUT2D eigenvalue weighted by Gasteiger charge is 2.11. The molecule has 0 spiro atoms. The zero-order chi connectivity index (χ0) is 19.2.